The molecular weight excluding hydrogens is 218 g/mol. The number of nitrogens with one attached hydrogen (secondary N) is 1. The summed E-state index contributed by atoms with van der Waals surface area (Å²) in [5, 5.41) is 13.0. The minimum atomic E-state index is -0.176. The maximum absolute atomic E-state index is 11.4. The summed E-state index contributed by atoms with van der Waals surface area (Å²) >= 11 is 0. The Bertz CT molecular complexity index is 237. The first-order valence-electron chi connectivity index (χ1n) is 6.66. The molecule has 0 saturated heterocycles. The third-order valence-electron chi connectivity index (χ3n) is 3.44. The lowest BCUT2D eigenvalue weighted by Crippen LogP contribution is -2.53. The van der Waals surface area contributed by atoms with Crippen molar-refractivity contribution in [3.8, 4) is 0 Å². The summed E-state index contributed by atoms with van der Waals surface area (Å²) in [6.07, 6.45) is 5.91. The molecule has 1 aliphatic rings. The molecule has 1 unspecified atom stereocenters. The lowest BCUT2D eigenvalue weighted by molar-refractivity contribution is -0.143. The quantitative estimate of drug-likeness (QED) is 0.696. The summed E-state index contributed by atoms with van der Waals surface area (Å²) in [5.41, 5.74) is -0.176. The second-order valence-electron chi connectivity index (χ2n) is 5.05. The first kappa shape index (κ1) is 14.5. The molecule has 0 spiro atoms. The summed E-state index contributed by atoms with van der Waals surface area (Å²) < 4.78 is 4.93. The molecule has 0 aliphatic heterocycles. The average molecular weight is 243 g/mol. The zero-order chi connectivity index (χ0) is 12.7. The molecule has 1 rings (SSSR count). The average Bonchev–Trinajstić information content (AvgIpc) is 2.30. The summed E-state index contributed by atoms with van der Waals surface area (Å²) in [5.74, 6) is -0.170. The highest BCUT2D eigenvalue weighted by Crippen LogP contribution is 2.28. The Morgan fingerprint density at radius 2 is 2.06 bits per heavy atom. The number of aliphatic hydroxyl groups excluding tert-OH is 1. The molecule has 1 aliphatic carbocycles. The number of esters is 1. The standard InChI is InChI=1S/C13H25NO3/c1-3-17-12(16)9-11(2)14-13(10-15)7-5-4-6-8-13/h11,14-15H,3-10H2,1-2H3. The van der Waals surface area contributed by atoms with Gasteiger partial charge in [-0.2, -0.15) is 0 Å². The zero-order valence-corrected chi connectivity index (χ0v) is 11.0. The van der Waals surface area contributed by atoms with Gasteiger partial charge < -0.3 is 15.2 Å². The molecule has 17 heavy (non-hydrogen) atoms. The molecule has 4 nitrogen and oxygen atoms in total. The highest BCUT2D eigenvalue weighted by molar-refractivity contribution is 5.70. The zero-order valence-electron chi connectivity index (χ0n) is 11.0. The van der Waals surface area contributed by atoms with Crippen LogP contribution in [0.15, 0.2) is 0 Å². The third-order valence-corrected chi connectivity index (χ3v) is 3.44. The Hall–Kier alpha value is -0.610. The van der Waals surface area contributed by atoms with Gasteiger partial charge in [0.2, 0.25) is 0 Å². The summed E-state index contributed by atoms with van der Waals surface area (Å²) in [6.45, 7) is 4.37. The van der Waals surface area contributed by atoms with E-state index in [0.29, 0.717) is 13.0 Å². The van der Waals surface area contributed by atoms with Gasteiger partial charge in [-0.15, -0.1) is 0 Å². The highest BCUT2D eigenvalue weighted by Gasteiger charge is 2.32. The van der Waals surface area contributed by atoms with Crippen LogP contribution in [0.1, 0.15) is 52.4 Å². The Labute approximate surface area is 104 Å². The van der Waals surface area contributed by atoms with E-state index in [2.05, 4.69) is 5.32 Å². The van der Waals surface area contributed by atoms with Gasteiger partial charge in [0.1, 0.15) is 0 Å². The lowest BCUT2D eigenvalue weighted by Gasteiger charge is -2.38. The van der Waals surface area contributed by atoms with Crippen molar-refractivity contribution < 1.29 is 14.6 Å². The van der Waals surface area contributed by atoms with Gasteiger partial charge in [-0.1, -0.05) is 19.3 Å². The van der Waals surface area contributed by atoms with E-state index in [4.69, 9.17) is 4.74 Å². The van der Waals surface area contributed by atoms with Gasteiger partial charge >= 0.3 is 5.97 Å². The van der Waals surface area contributed by atoms with Crippen molar-refractivity contribution in [1.82, 2.24) is 5.32 Å². The molecule has 0 aromatic rings. The molecule has 0 aromatic heterocycles. The van der Waals surface area contributed by atoms with Crippen LogP contribution in [0.25, 0.3) is 0 Å². The van der Waals surface area contributed by atoms with Gasteiger partial charge in [-0.3, -0.25) is 4.79 Å². The van der Waals surface area contributed by atoms with Crippen LogP contribution in [-0.4, -0.2) is 35.9 Å². The summed E-state index contributed by atoms with van der Waals surface area (Å²) in [7, 11) is 0. The van der Waals surface area contributed by atoms with Crippen molar-refractivity contribution in [3.05, 3.63) is 0 Å². The number of carbonyl (C=O) groups is 1. The molecule has 1 atom stereocenters. The smallest absolute Gasteiger partial charge is 0.307 e. The van der Waals surface area contributed by atoms with Crippen molar-refractivity contribution >= 4 is 5.97 Å². The topological polar surface area (TPSA) is 58.6 Å². The van der Waals surface area contributed by atoms with Crippen LogP contribution in [-0.2, 0) is 9.53 Å². The first-order chi connectivity index (χ1) is 8.12. The fourth-order valence-electron chi connectivity index (χ4n) is 2.62. The fraction of sp³-hybridized carbons (Fsp3) is 0.923. The summed E-state index contributed by atoms with van der Waals surface area (Å²) in [6, 6.07) is 0.0549. The maximum atomic E-state index is 11.4. The largest absolute Gasteiger partial charge is 0.466 e. The second kappa shape index (κ2) is 6.97. The Morgan fingerprint density at radius 3 is 2.59 bits per heavy atom. The van der Waals surface area contributed by atoms with E-state index < -0.39 is 0 Å². The molecule has 0 heterocycles. The van der Waals surface area contributed by atoms with Crippen molar-refractivity contribution in [1.29, 1.82) is 0 Å². The highest BCUT2D eigenvalue weighted by atomic mass is 16.5. The van der Waals surface area contributed by atoms with E-state index >= 15 is 0 Å². The van der Waals surface area contributed by atoms with Crippen molar-refractivity contribution in [2.45, 2.75) is 64.0 Å². The van der Waals surface area contributed by atoms with E-state index in [0.717, 1.165) is 25.7 Å². The van der Waals surface area contributed by atoms with Crippen LogP contribution in [0, 0.1) is 0 Å². The lowest BCUT2D eigenvalue weighted by atomic mass is 9.81. The van der Waals surface area contributed by atoms with E-state index in [1.54, 1.807) is 0 Å². The van der Waals surface area contributed by atoms with Crippen LogP contribution in [0.3, 0.4) is 0 Å². The van der Waals surface area contributed by atoms with Crippen LogP contribution in [0.2, 0.25) is 0 Å². The molecule has 2 N–H and O–H groups in total. The van der Waals surface area contributed by atoms with E-state index in [-0.39, 0.29) is 24.2 Å². The predicted molar refractivity (Wildman–Crippen MR) is 66.7 cm³/mol. The Morgan fingerprint density at radius 1 is 1.41 bits per heavy atom. The van der Waals surface area contributed by atoms with E-state index in [1.807, 2.05) is 13.8 Å². The van der Waals surface area contributed by atoms with Gasteiger partial charge in [0.15, 0.2) is 0 Å². The summed E-state index contributed by atoms with van der Waals surface area (Å²) in [4.78, 5) is 11.4. The third kappa shape index (κ3) is 4.64. The van der Waals surface area contributed by atoms with Crippen LogP contribution >= 0.6 is 0 Å². The Balaban J connectivity index is 2.41. The number of rotatable bonds is 6. The van der Waals surface area contributed by atoms with Gasteiger partial charge in [0, 0.05) is 11.6 Å². The van der Waals surface area contributed by atoms with Gasteiger partial charge in [0.25, 0.3) is 0 Å². The molecule has 100 valence electrons. The molecule has 0 aromatic carbocycles. The van der Waals surface area contributed by atoms with Crippen molar-refractivity contribution in [3.63, 3.8) is 0 Å². The number of ether oxygens (including phenoxy) is 1. The molecule has 1 fully saturated rings. The second-order valence-corrected chi connectivity index (χ2v) is 5.05. The minimum Gasteiger partial charge on any atom is -0.466 e. The monoisotopic (exact) mass is 243 g/mol. The first-order valence-corrected chi connectivity index (χ1v) is 6.66. The molecule has 0 bridgehead atoms. The van der Waals surface area contributed by atoms with Gasteiger partial charge in [-0.05, 0) is 26.7 Å². The predicted octanol–water partition coefficient (Wildman–Crippen LogP) is 1.61. The minimum absolute atomic E-state index is 0.0549. The van der Waals surface area contributed by atoms with Gasteiger partial charge in [-0.25, -0.2) is 0 Å². The molecule has 1 saturated carbocycles. The van der Waals surface area contributed by atoms with Crippen LogP contribution < -0.4 is 5.32 Å². The van der Waals surface area contributed by atoms with E-state index in [1.165, 1.54) is 6.42 Å². The Kier molecular flexibility index (Phi) is 5.92. The van der Waals surface area contributed by atoms with Gasteiger partial charge in [0.05, 0.1) is 19.6 Å². The van der Waals surface area contributed by atoms with Crippen molar-refractivity contribution in [2.75, 3.05) is 13.2 Å². The molecular formula is C13H25NO3. The number of aliphatic hydroxyl groups is 1. The SMILES string of the molecule is CCOC(=O)CC(C)NC1(CO)CCCCC1. The van der Waals surface area contributed by atoms with Crippen LogP contribution in [0.5, 0.6) is 0 Å². The number of hydrogen-bond acceptors (Lipinski definition) is 4. The molecule has 0 amide bonds. The van der Waals surface area contributed by atoms with E-state index in [9.17, 15) is 9.90 Å². The van der Waals surface area contributed by atoms with Crippen molar-refractivity contribution in [2.24, 2.45) is 0 Å². The number of hydrogen-bond donors (Lipinski definition) is 2. The fourth-order valence-corrected chi connectivity index (χ4v) is 2.62. The normalized spacial score (nSPS) is 20.9. The molecule has 4 heteroatoms. The maximum Gasteiger partial charge on any atom is 0.307 e. The van der Waals surface area contributed by atoms with Crippen LogP contribution in [0.4, 0.5) is 0 Å². The number of carbonyl (C=O) groups excluding carboxylic acids is 1. The molecule has 0 radical (unpaired) electrons.